The van der Waals surface area contributed by atoms with Crippen molar-refractivity contribution in [1.82, 2.24) is 14.9 Å². The number of nitrogens with one attached hydrogen (secondary N) is 1. The van der Waals surface area contributed by atoms with Crippen molar-refractivity contribution < 1.29 is 4.79 Å². The zero-order valence-electron chi connectivity index (χ0n) is 9.59. The van der Waals surface area contributed by atoms with Crippen molar-refractivity contribution in [3.05, 3.63) is 63.8 Å². The van der Waals surface area contributed by atoms with Gasteiger partial charge < -0.3 is 9.88 Å². The van der Waals surface area contributed by atoms with Crippen molar-refractivity contribution in [1.29, 1.82) is 0 Å². The minimum absolute atomic E-state index is 0.172. The number of hydrogen-bond donors (Lipinski definition) is 1. The van der Waals surface area contributed by atoms with Gasteiger partial charge in [-0.05, 0) is 23.8 Å². The topological polar surface area (TPSA) is 66.1 Å². The third kappa shape index (κ3) is 1.69. The smallest absolute Gasteiger partial charge is 0.260 e. The van der Waals surface area contributed by atoms with Gasteiger partial charge in [-0.3, -0.25) is 14.6 Å². The molecular formula is C13H11N3O2. The Morgan fingerprint density at radius 1 is 1.28 bits per heavy atom. The molecule has 1 aliphatic rings. The van der Waals surface area contributed by atoms with Crippen molar-refractivity contribution in [2.45, 2.75) is 13.1 Å². The summed E-state index contributed by atoms with van der Waals surface area (Å²) < 4.78 is 0. The minimum atomic E-state index is -0.355. The first-order valence-corrected chi connectivity index (χ1v) is 5.65. The molecular weight excluding hydrogens is 230 g/mol. The molecule has 0 saturated carbocycles. The number of aromatic amines is 1. The van der Waals surface area contributed by atoms with E-state index >= 15 is 0 Å². The second kappa shape index (κ2) is 4.10. The Hall–Kier alpha value is -2.43. The Balaban J connectivity index is 1.89. The van der Waals surface area contributed by atoms with E-state index in [0.717, 1.165) is 11.3 Å². The summed E-state index contributed by atoms with van der Waals surface area (Å²) in [5, 5.41) is 0. The van der Waals surface area contributed by atoms with Crippen LogP contribution < -0.4 is 5.56 Å². The van der Waals surface area contributed by atoms with Gasteiger partial charge in [0, 0.05) is 18.9 Å². The monoisotopic (exact) mass is 241 g/mol. The molecule has 0 aliphatic carbocycles. The summed E-state index contributed by atoms with van der Waals surface area (Å²) in [6, 6.07) is 6.99. The molecule has 0 unspecified atom stereocenters. The van der Waals surface area contributed by atoms with Gasteiger partial charge in [-0.1, -0.05) is 6.07 Å². The van der Waals surface area contributed by atoms with Crippen molar-refractivity contribution in [2.24, 2.45) is 0 Å². The third-order valence-corrected chi connectivity index (χ3v) is 3.02. The summed E-state index contributed by atoms with van der Waals surface area (Å²) in [5.74, 6) is -0.255. The van der Waals surface area contributed by atoms with Gasteiger partial charge in [0.25, 0.3) is 11.5 Å². The lowest BCUT2D eigenvalue weighted by atomic mass is 10.2. The second-order valence-corrected chi connectivity index (χ2v) is 4.18. The van der Waals surface area contributed by atoms with Crippen LogP contribution in [0.4, 0.5) is 0 Å². The first kappa shape index (κ1) is 10.7. The van der Waals surface area contributed by atoms with Crippen LogP contribution in [0.3, 0.4) is 0 Å². The number of rotatable bonds is 1. The maximum Gasteiger partial charge on any atom is 0.260 e. The molecule has 0 saturated heterocycles. The lowest BCUT2D eigenvalue weighted by Gasteiger charge is -2.14. The van der Waals surface area contributed by atoms with Crippen LogP contribution in [0, 0.1) is 0 Å². The fourth-order valence-corrected chi connectivity index (χ4v) is 2.10. The highest BCUT2D eigenvalue weighted by atomic mass is 16.2. The maximum absolute atomic E-state index is 12.2. The van der Waals surface area contributed by atoms with E-state index in [1.54, 1.807) is 17.2 Å². The first-order chi connectivity index (χ1) is 8.75. The second-order valence-electron chi connectivity index (χ2n) is 4.18. The van der Waals surface area contributed by atoms with Crippen LogP contribution in [0.25, 0.3) is 0 Å². The first-order valence-electron chi connectivity index (χ1n) is 5.65. The van der Waals surface area contributed by atoms with E-state index in [1.165, 1.54) is 12.3 Å². The van der Waals surface area contributed by atoms with Gasteiger partial charge in [-0.15, -0.1) is 0 Å². The molecule has 0 spiro atoms. The van der Waals surface area contributed by atoms with E-state index in [-0.39, 0.29) is 17.0 Å². The maximum atomic E-state index is 12.2. The standard InChI is InChI=1S/C13H11N3O2/c17-12-10(4-2-6-15-12)13(18)16-7-9-3-1-5-14-11(9)8-16/h1-6H,7-8H2,(H,15,17). The molecule has 2 aromatic heterocycles. The highest BCUT2D eigenvalue weighted by molar-refractivity contribution is 5.94. The van der Waals surface area contributed by atoms with E-state index < -0.39 is 0 Å². The van der Waals surface area contributed by atoms with Gasteiger partial charge in [0.05, 0.1) is 12.2 Å². The summed E-state index contributed by atoms with van der Waals surface area (Å²) in [5.41, 5.74) is 1.76. The lowest BCUT2D eigenvalue weighted by Crippen LogP contribution is -2.30. The highest BCUT2D eigenvalue weighted by Crippen LogP contribution is 2.21. The van der Waals surface area contributed by atoms with Gasteiger partial charge in [0.2, 0.25) is 0 Å². The number of hydrogen-bond acceptors (Lipinski definition) is 3. The molecule has 0 radical (unpaired) electrons. The fraction of sp³-hybridized carbons (Fsp3) is 0.154. The van der Waals surface area contributed by atoms with Crippen LogP contribution in [0.15, 0.2) is 41.5 Å². The Kier molecular flexibility index (Phi) is 2.44. The van der Waals surface area contributed by atoms with Crippen LogP contribution in [0.2, 0.25) is 0 Å². The average molecular weight is 241 g/mol. The third-order valence-electron chi connectivity index (χ3n) is 3.02. The highest BCUT2D eigenvalue weighted by Gasteiger charge is 2.26. The van der Waals surface area contributed by atoms with Gasteiger partial charge in [0.1, 0.15) is 5.56 Å². The molecule has 3 rings (SSSR count). The Morgan fingerprint density at radius 2 is 2.17 bits per heavy atom. The van der Waals surface area contributed by atoms with E-state index in [9.17, 15) is 9.59 Å². The van der Waals surface area contributed by atoms with Gasteiger partial charge in [0.15, 0.2) is 0 Å². The molecule has 3 heterocycles. The van der Waals surface area contributed by atoms with Crippen LogP contribution in [-0.4, -0.2) is 20.8 Å². The average Bonchev–Trinajstić information content (AvgIpc) is 2.82. The Morgan fingerprint density at radius 3 is 2.94 bits per heavy atom. The quantitative estimate of drug-likeness (QED) is 0.807. The van der Waals surface area contributed by atoms with Crippen LogP contribution in [0.1, 0.15) is 21.6 Å². The molecule has 0 aromatic carbocycles. The fourth-order valence-electron chi connectivity index (χ4n) is 2.10. The molecule has 18 heavy (non-hydrogen) atoms. The van der Waals surface area contributed by atoms with Gasteiger partial charge >= 0.3 is 0 Å². The van der Waals surface area contributed by atoms with Crippen molar-refractivity contribution in [2.75, 3.05) is 0 Å². The summed E-state index contributed by atoms with van der Waals surface area (Å²) in [7, 11) is 0. The van der Waals surface area contributed by atoms with Crippen molar-refractivity contribution in [3.8, 4) is 0 Å². The minimum Gasteiger partial charge on any atom is -0.328 e. The van der Waals surface area contributed by atoms with E-state index in [0.29, 0.717) is 13.1 Å². The molecule has 0 fully saturated rings. The molecule has 1 aliphatic heterocycles. The number of nitrogens with zero attached hydrogens (tertiary/aromatic N) is 2. The van der Waals surface area contributed by atoms with Gasteiger partial charge in [-0.2, -0.15) is 0 Å². The zero-order chi connectivity index (χ0) is 12.5. The zero-order valence-corrected chi connectivity index (χ0v) is 9.59. The van der Waals surface area contributed by atoms with Crippen molar-refractivity contribution in [3.63, 3.8) is 0 Å². The van der Waals surface area contributed by atoms with Crippen LogP contribution >= 0.6 is 0 Å². The van der Waals surface area contributed by atoms with E-state index in [1.807, 2.05) is 12.1 Å². The SMILES string of the molecule is O=C(c1ccc[nH]c1=O)N1Cc2cccnc2C1. The number of amides is 1. The molecule has 0 atom stereocenters. The molecule has 0 bridgehead atoms. The predicted molar refractivity (Wildman–Crippen MR) is 64.9 cm³/mol. The molecule has 5 nitrogen and oxygen atoms in total. The van der Waals surface area contributed by atoms with E-state index in [2.05, 4.69) is 9.97 Å². The molecule has 1 amide bonds. The Bertz CT molecular complexity index is 638. The largest absolute Gasteiger partial charge is 0.328 e. The summed E-state index contributed by atoms with van der Waals surface area (Å²) in [6.45, 7) is 0.972. The summed E-state index contributed by atoms with van der Waals surface area (Å²) >= 11 is 0. The molecule has 2 aromatic rings. The number of carbonyl (C=O) groups is 1. The number of aromatic nitrogens is 2. The predicted octanol–water partition coefficient (Wildman–Crippen LogP) is 0.926. The van der Waals surface area contributed by atoms with Crippen LogP contribution in [0.5, 0.6) is 0 Å². The Labute approximate surface area is 103 Å². The van der Waals surface area contributed by atoms with Gasteiger partial charge in [-0.25, -0.2) is 0 Å². The number of H-pyrrole nitrogens is 1. The summed E-state index contributed by atoms with van der Waals surface area (Å²) in [6.07, 6.45) is 3.22. The van der Waals surface area contributed by atoms with Crippen LogP contribution in [-0.2, 0) is 13.1 Å². The molecule has 5 heteroatoms. The molecule has 90 valence electrons. The number of pyridine rings is 2. The number of carbonyl (C=O) groups excluding carboxylic acids is 1. The summed E-state index contributed by atoms with van der Waals surface area (Å²) in [4.78, 5) is 32.1. The lowest BCUT2D eigenvalue weighted by molar-refractivity contribution is 0.0748. The molecule has 1 N–H and O–H groups in total. The van der Waals surface area contributed by atoms with E-state index in [4.69, 9.17) is 0 Å². The number of fused-ring (bicyclic) bond motifs is 1. The normalized spacial score (nSPS) is 13.4. The van der Waals surface area contributed by atoms with Crippen molar-refractivity contribution >= 4 is 5.91 Å².